The van der Waals surface area contributed by atoms with Gasteiger partial charge in [-0.15, -0.1) is 11.3 Å². The molecule has 1 aromatic heterocycles. The first-order valence-electron chi connectivity index (χ1n) is 8.03. The van der Waals surface area contributed by atoms with E-state index in [1.54, 1.807) is 5.56 Å². The summed E-state index contributed by atoms with van der Waals surface area (Å²) in [6, 6.07) is 9.74. The van der Waals surface area contributed by atoms with E-state index in [4.69, 9.17) is 0 Å². The Balaban J connectivity index is 1.57. The SMILES string of the molecule is c1ccc2c(CC3(CNC4CC4)CCCC3)csc2c1. The maximum atomic E-state index is 3.80. The van der Waals surface area contributed by atoms with Crippen LogP contribution in [-0.4, -0.2) is 12.6 Å². The second-order valence-electron chi connectivity index (χ2n) is 6.80. The molecular formula is C18H23NS. The highest BCUT2D eigenvalue weighted by atomic mass is 32.1. The summed E-state index contributed by atoms with van der Waals surface area (Å²) < 4.78 is 1.45. The zero-order valence-corrected chi connectivity index (χ0v) is 12.8. The maximum Gasteiger partial charge on any atom is 0.0345 e. The molecule has 106 valence electrons. The van der Waals surface area contributed by atoms with Gasteiger partial charge >= 0.3 is 0 Å². The summed E-state index contributed by atoms with van der Waals surface area (Å²) in [6.45, 7) is 1.24. The van der Waals surface area contributed by atoms with Crippen LogP contribution >= 0.6 is 11.3 Å². The average Bonchev–Trinajstić information content (AvgIpc) is 3.07. The lowest BCUT2D eigenvalue weighted by atomic mass is 9.80. The third-order valence-electron chi connectivity index (χ3n) is 5.13. The molecule has 2 saturated carbocycles. The van der Waals surface area contributed by atoms with Gasteiger partial charge in [0.2, 0.25) is 0 Å². The van der Waals surface area contributed by atoms with Gasteiger partial charge in [0, 0.05) is 17.3 Å². The third-order valence-corrected chi connectivity index (χ3v) is 6.15. The van der Waals surface area contributed by atoms with Gasteiger partial charge in [0.25, 0.3) is 0 Å². The molecule has 1 nitrogen and oxygen atoms in total. The Hall–Kier alpha value is -0.860. The molecule has 2 fully saturated rings. The molecule has 20 heavy (non-hydrogen) atoms. The summed E-state index contributed by atoms with van der Waals surface area (Å²) >= 11 is 1.91. The zero-order chi connectivity index (χ0) is 13.4. The van der Waals surface area contributed by atoms with Gasteiger partial charge in [-0.25, -0.2) is 0 Å². The largest absolute Gasteiger partial charge is 0.313 e. The van der Waals surface area contributed by atoms with Crippen LogP contribution in [0.5, 0.6) is 0 Å². The number of rotatable bonds is 5. The van der Waals surface area contributed by atoms with Crippen LogP contribution in [0.2, 0.25) is 0 Å². The Morgan fingerprint density at radius 1 is 1.15 bits per heavy atom. The van der Waals surface area contributed by atoms with Gasteiger partial charge < -0.3 is 5.32 Å². The van der Waals surface area contributed by atoms with E-state index >= 15 is 0 Å². The Labute approximate surface area is 125 Å². The molecule has 1 heterocycles. The molecule has 0 aliphatic heterocycles. The third kappa shape index (κ3) is 2.51. The van der Waals surface area contributed by atoms with E-state index in [0.717, 1.165) is 6.04 Å². The predicted octanol–water partition coefficient (Wildman–Crippen LogP) is 4.76. The molecule has 1 aromatic carbocycles. The minimum Gasteiger partial charge on any atom is -0.313 e. The minimum absolute atomic E-state index is 0.534. The quantitative estimate of drug-likeness (QED) is 0.835. The van der Waals surface area contributed by atoms with Crippen molar-refractivity contribution in [2.75, 3.05) is 6.54 Å². The Morgan fingerprint density at radius 3 is 2.75 bits per heavy atom. The lowest BCUT2D eigenvalue weighted by Gasteiger charge is -2.29. The Kier molecular flexibility index (Phi) is 3.31. The molecule has 0 spiro atoms. The number of hydrogen-bond acceptors (Lipinski definition) is 2. The highest BCUT2D eigenvalue weighted by molar-refractivity contribution is 7.17. The predicted molar refractivity (Wildman–Crippen MR) is 87.5 cm³/mol. The fraction of sp³-hybridized carbons (Fsp3) is 0.556. The van der Waals surface area contributed by atoms with Crippen molar-refractivity contribution in [3.63, 3.8) is 0 Å². The van der Waals surface area contributed by atoms with Crippen LogP contribution in [0.15, 0.2) is 29.6 Å². The summed E-state index contributed by atoms with van der Waals surface area (Å²) in [5, 5.41) is 7.70. The maximum absolute atomic E-state index is 3.80. The molecule has 0 saturated heterocycles. The van der Waals surface area contributed by atoms with Crippen LogP contribution in [0.1, 0.15) is 44.1 Å². The highest BCUT2D eigenvalue weighted by Crippen LogP contribution is 2.43. The molecule has 0 amide bonds. The van der Waals surface area contributed by atoms with Crippen molar-refractivity contribution in [3.8, 4) is 0 Å². The Morgan fingerprint density at radius 2 is 1.95 bits per heavy atom. The molecule has 2 aromatic rings. The van der Waals surface area contributed by atoms with Crippen LogP contribution in [0.3, 0.4) is 0 Å². The fourth-order valence-electron chi connectivity index (χ4n) is 3.76. The molecule has 2 aliphatic rings. The van der Waals surface area contributed by atoms with Gasteiger partial charge in [-0.3, -0.25) is 0 Å². The van der Waals surface area contributed by atoms with E-state index in [1.807, 2.05) is 11.3 Å². The fourth-order valence-corrected chi connectivity index (χ4v) is 4.73. The number of thiophene rings is 1. The van der Waals surface area contributed by atoms with Crippen molar-refractivity contribution >= 4 is 21.4 Å². The van der Waals surface area contributed by atoms with Gasteiger partial charge in [0.05, 0.1) is 0 Å². The van der Waals surface area contributed by atoms with Crippen molar-refractivity contribution in [2.45, 2.75) is 51.0 Å². The first-order chi connectivity index (χ1) is 9.85. The summed E-state index contributed by atoms with van der Waals surface area (Å²) in [7, 11) is 0. The van der Waals surface area contributed by atoms with Crippen molar-refractivity contribution in [3.05, 3.63) is 35.2 Å². The lowest BCUT2D eigenvalue weighted by molar-refractivity contribution is 0.277. The molecule has 0 unspecified atom stereocenters. The van der Waals surface area contributed by atoms with Crippen LogP contribution in [-0.2, 0) is 6.42 Å². The Bertz CT molecular complexity index is 590. The van der Waals surface area contributed by atoms with Gasteiger partial charge in [-0.2, -0.15) is 0 Å². The van der Waals surface area contributed by atoms with Crippen LogP contribution in [0, 0.1) is 5.41 Å². The van der Waals surface area contributed by atoms with E-state index < -0.39 is 0 Å². The highest BCUT2D eigenvalue weighted by Gasteiger charge is 2.36. The number of benzene rings is 1. The smallest absolute Gasteiger partial charge is 0.0345 e. The molecule has 0 bridgehead atoms. The molecule has 4 rings (SSSR count). The van der Waals surface area contributed by atoms with E-state index in [0.29, 0.717) is 5.41 Å². The topological polar surface area (TPSA) is 12.0 Å². The molecule has 2 heteroatoms. The monoisotopic (exact) mass is 285 g/mol. The van der Waals surface area contributed by atoms with Gasteiger partial charge in [-0.1, -0.05) is 31.0 Å². The number of hydrogen-bond donors (Lipinski definition) is 1. The summed E-state index contributed by atoms with van der Waals surface area (Å²) in [6.07, 6.45) is 9.75. The van der Waals surface area contributed by atoms with E-state index in [2.05, 4.69) is 35.0 Å². The molecule has 1 N–H and O–H groups in total. The van der Waals surface area contributed by atoms with Crippen LogP contribution in [0.4, 0.5) is 0 Å². The van der Waals surface area contributed by atoms with Crippen molar-refractivity contribution in [1.29, 1.82) is 0 Å². The molecule has 0 radical (unpaired) electrons. The van der Waals surface area contributed by atoms with Gasteiger partial charge in [0.1, 0.15) is 0 Å². The average molecular weight is 285 g/mol. The lowest BCUT2D eigenvalue weighted by Crippen LogP contribution is -2.35. The zero-order valence-electron chi connectivity index (χ0n) is 12.0. The molecule has 2 aliphatic carbocycles. The summed E-state index contributed by atoms with van der Waals surface area (Å²) in [5.74, 6) is 0. The molecule has 0 atom stereocenters. The first kappa shape index (κ1) is 12.8. The first-order valence-corrected chi connectivity index (χ1v) is 8.91. The van der Waals surface area contributed by atoms with Crippen LogP contribution in [0.25, 0.3) is 10.1 Å². The van der Waals surface area contributed by atoms with Gasteiger partial charge in [0.15, 0.2) is 0 Å². The standard InChI is InChI=1S/C18H23NS/c1-2-6-17-16(5-1)14(12-20-17)11-18(9-3-4-10-18)13-19-15-7-8-15/h1-2,5-6,12,15,19H,3-4,7-11,13H2. The summed E-state index contributed by atoms with van der Waals surface area (Å²) in [5.41, 5.74) is 2.12. The van der Waals surface area contributed by atoms with Crippen molar-refractivity contribution in [2.24, 2.45) is 5.41 Å². The van der Waals surface area contributed by atoms with Crippen molar-refractivity contribution in [1.82, 2.24) is 5.32 Å². The molecular weight excluding hydrogens is 262 g/mol. The second kappa shape index (κ2) is 5.16. The van der Waals surface area contributed by atoms with E-state index in [1.165, 1.54) is 61.6 Å². The minimum atomic E-state index is 0.534. The van der Waals surface area contributed by atoms with Crippen LogP contribution < -0.4 is 5.32 Å². The van der Waals surface area contributed by atoms with Crippen molar-refractivity contribution < 1.29 is 0 Å². The van der Waals surface area contributed by atoms with E-state index in [9.17, 15) is 0 Å². The number of nitrogens with one attached hydrogen (secondary N) is 1. The van der Waals surface area contributed by atoms with E-state index in [-0.39, 0.29) is 0 Å². The van der Waals surface area contributed by atoms with Gasteiger partial charge in [-0.05, 0) is 59.9 Å². The summed E-state index contributed by atoms with van der Waals surface area (Å²) in [4.78, 5) is 0. The number of fused-ring (bicyclic) bond motifs is 1. The normalized spacial score (nSPS) is 21.6. The second-order valence-corrected chi connectivity index (χ2v) is 7.71.